The van der Waals surface area contributed by atoms with E-state index in [1.165, 1.54) is 5.56 Å². The summed E-state index contributed by atoms with van der Waals surface area (Å²) in [5.74, 6) is 0. The highest BCUT2D eigenvalue weighted by Crippen LogP contribution is 2.31. The van der Waals surface area contributed by atoms with Gasteiger partial charge in [0.25, 0.3) is 0 Å². The first-order valence-electron chi connectivity index (χ1n) is 6.79. The van der Waals surface area contributed by atoms with Crippen LogP contribution in [0.3, 0.4) is 0 Å². The lowest BCUT2D eigenvalue weighted by Gasteiger charge is -2.21. The summed E-state index contributed by atoms with van der Waals surface area (Å²) in [4.78, 5) is 4.55. The van der Waals surface area contributed by atoms with Crippen molar-refractivity contribution in [3.63, 3.8) is 0 Å². The number of benzene rings is 1. The Morgan fingerprint density at radius 1 is 1.20 bits per heavy atom. The average Bonchev–Trinajstić information content (AvgIpc) is 2.47. The summed E-state index contributed by atoms with van der Waals surface area (Å²) >= 11 is 12.5. The van der Waals surface area contributed by atoms with Crippen molar-refractivity contribution in [1.82, 2.24) is 10.3 Å². The number of aryl methyl sites for hydroxylation is 1. The van der Waals surface area contributed by atoms with E-state index in [2.05, 4.69) is 30.2 Å². The second-order valence-electron chi connectivity index (χ2n) is 4.56. The van der Waals surface area contributed by atoms with Crippen LogP contribution in [0.5, 0.6) is 0 Å². The third-order valence-electron chi connectivity index (χ3n) is 3.26. The molecule has 2 nitrogen and oxygen atoms in total. The van der Waals surface area contributed by atoms with E-state index >= 15 is 0 Å². The Hall–Kier alpha value is -1.09. The molecule has 2 aromatic rings. The number of rotatable bonds is 5. The van der Waals surface area contributed by atoms with Crippen LogP contribution in [0.25, 0.3) is 0 Å². The Balaban J connectivity index is 2.53. The van der Waals surface area contributed by atoms with Crippen LogP contribution < -0.4 is 5.32 Å². The van der Waals surface area contributed by atoms with Crippen molar-refractivity contribution in [2.75, 3.05) is 6.54 Å². The van der Waals surface area contributed by atoms with Crippen LogP contribution in [0, 0.1) is 0 Å². The van der Waals surface area contributed by atoms with Gasteiger partial charge in [-0.3, -0.25) is 4.98 Å². The molecule has 1 heterocycles. The first-order valence-corrected chi connectivity index (χ1v) is 7.55. The van der Waals surface area contributed by atoms with Crippen LogP contribution in [0.15, 0.2) is 36.5 Å². The third kappa shape index (κ3) is 3.32. The zero-order chi connectivity index (χ0) is 14.5. The first kappa shape index (κ1) is 15.3. The van der Waals surface area contributed by atoms with Crippen molar-refractivity contribution in [1.29, 1.82) is 0 Å². The Morgan fingerprint density at radius 2 is 2.00 bits per heavy atom. The van der Waals surface area contributed by atoms with Crippen LogP contribution in [0.4, 0.5) is 0 Å². The van der Waals surface area contributed by atoms with E-state index in [4.69, 9.17) is 23.2 Å². The lowest BCUT2D eigenvalue weighted by Crippen LogP contribution is -2.24. The molecule has 0 aliphatic heterocycles. The van der Waals surface area contributed by atoms with Gasteiger partial charge >= 0.3 is 0 Å². The summed E-state index contributed by atoms with van der Waals surface area (Å²) < 4.78 is 0. The minimum absolute atomic E-state index is 0.0395. The smallest absolute Gasteiger partial charge is 0.0769 e. The van der Waals surface area contributed by atoms with Gasteiger partial charge in [0.15, 0.2) is 0 Å². The highest BCUT2D eigenvalue weighted by atomic mass is 35.5. The molecule has 1 N–H and O–H groups in total. The number of pyridine rings is 1. The van der Waals surface area contributed by atoms with Crippen molar-refractivity contribution in [2.45, 2.75) is 26.3 Å². The van der Waals surface area contributed by atoms with Crippen LogP contribution in [0.1, 0.15) is 36.7 Å². The molecular weight excluding hydrogens is 291 g/mol. The van der Waals surface area contributed by atoms with Gasteiger partial charge in [-0.2, -0.15) is 0 Å². The molecule has 0 bridgehead atoms. The van der Waals surface area contributed by atoms with Crippen LogP contribution in [0.2, 0.25) is 10.0 Å². The molecular formula is C16H18Cl2N2. The molecule has 1 unspecified atom stereocenters. The van der Waals surface area contributed by atoms with Gasteiger partial charge in [-0.05, 0) is 48.4 Å². The standard InChI is InChI=1S/C16H18Cl2N2/c1-3-11-6-5-9-20-15(11)16(19-4-2)13-10-12(17)7-8-14(13)18/h5-10,16,19H,3-4H2,1-2H3. The molecule has 4 heteroatoms. The fourth-order valence-corrected chi connectivity index (χ4v) is 2.71. The summed E-state index contributed by atoms with van der Waals surface area (Å²) in [5.41, 5.74) is 3.20. The van der Waals surface area contributed by atoms with Gasteiger partial charge < -0.3 is 5.32 Å². The van der Waals surface area contributed by atoms with Crippen LogP contribution in [-0.4, -0.2) is 11.5 Å². The summed E-state index contributed by atoms with van der Waals surface area (Å²) in [6, 6.07) is 9.57. The summed E-state index contributed by atoms with van der Waals surface area (Å²) in [7, 11) is 0. The summed E-state index contributed by atoms with van der Waals surface area (Å²) in [6.45, 7) is 5.02. The van der Waals surface area contributed by atoms with E-state index in [1.807, 2.05) is 24.4 Å². The second kappa shape index (κ2) is 7.07. The van der Waals surface area contributed by atoms with Gasteiger partial charge in [-0.25, -0.2) is 0 Å². The summed E-state index contributed by atoms with van der Waals surface area (Å²) in [6.07, 6.45) is 2.75. The highest BCUT2D eigenvalue weighted by Gasteiger charge is 2.20. The number of nitrogens with zero attached hydrogens (tertiary/aromatic N) is 1. The second-order valence-corrected chi connectivity index (χ2v) is 5.40. The predicted octanol–water partition coefficient (Wildman–Crippen LogP) is 4.65. The molecule has 0 spiro atoms. The lowest BCUT2D eigenvalue weighted by molar-refractivity contribution is 0.609. The number of aromatic nitrogens is 1. The molecule has 1 aromatic carbocycles. The molecule has 0 saturated carbocycles. The van der Waals surface area contributed by atoms with E-state index in [9.17, 15) is 0 Å². The molecule has 0 amide bonds. The maximum absolute atomic E-state index is 6.35. The highest BCUT2D eigenvalue weighted by molar-refractivity contribution is 6.33. The van der Waals surface area contributed by atoms with Gasteiger partial charge in [-0.1, -0.05) is 43.1 Å². The number of nitrogens with one attached hydrogen (secondary N) is 1. The van der Waals surface area contributed by atoms with Crippen LogP contribution in [-0.2, 0) is 6.42 Å². The SMILES string of the molecule is CCNC(c1cc(Cl)ccc1Cl)c1ncccc1CC. The van der Waals surface area contributed by atoms with Crippen molar-refractivity contribution in [3.05, 3.63) is 63.4 Å². The predicted molar refractivity (Wildman–Crippen MR) is 85.6 cm³/mol. The molecule has 1 aromatic heterocycles. The zero-order valence-corrected chi connectivity index (χ0v) is 13.2. The average molecular weight is 309 g/mol. The molecule has 20 heavy (non-hydrogen) atoms. The van der Waals surface area contributed by atoms with Crippen molar-refractivity contribution < 1.29 is 0 Å². The lowest BCUT2D eigenvalue weighted by atomic mass is 9.98. The maximum atomic E-state index is 6.35. The molecule has 106 valence electrons. The zero-order valence-electron chi connectivity index (χ0n) is 11.7. The quantitative estimate of drug-likeness (QED) is 0.869. The fourth-order valence-electron chi connectivity index (χ4n) is 2.30. The Bertz CT molecular complexity index is 584. The van der Waals surface area contributed by atoms with Gasteiger partial charge in [0.05, 0.1) is 11.7 Å². The van der Waals surface area contributed by atoms with E-state index in [0.717, 1.165) is 24.2 Å². The Kier molecular flexibility index (Phi) is 5.41. The maximum Gasteiger partial charge on any atom is 0.0769 e. The van der Waals surface area contributed by atoms with E-state index in [1.54, 1.807) is 6.07 Å². The number of halogens is 2. The Labute approximate surface area is 130 Å². The van der Waals surface area contributed by atoms with Crippen molar-refractivity contribution >= 4 is 23.2 Å². The Morgan fingerprint density at radius 3 is 2.70 bits per heavy atom. The van der Waals surface area contributed by atoms with E-state index < -0.39 is 0 Å². The number of hydrogen-bond acceptors (Lipinski definition) is 2. The molecule has 0 fully saturated rings. The first-order chi connectivity index (χ1) is 9.67. The molecule has 0 aliphatic carbocycles. The van der Waals surface area contributed by atoms with Gasteiger partial charge in [0.2, 0.25) is 0 Å². The fraction of sp³-hybridized carbons (Fsp3) is 0.312. The molecule has 0 saturated heterocycles. The van der Waals surface area contributed by atoms with Crippen molar-refractivity contribution in [3.8, 4) is 0 Å². The van der Waals surface area contributed by atoms with Gasteiger partial charge in [-0.15, -0.1) is 0 Å². The number of hydrogen-bond donors (Lipinski definition) is 1. The molecule has 0 radical (unpaired) electrons. The van der Waals surface area contributed by atoms with E-state index in [0.29, 0.717) is 10.0 Å². The van der Waals surface area contributed by atoms with Crippen LogP contribution >= 0.6 is 23.2 Å². The van der Waals surface area contributed by atoms with Gasteiger partial charge in [0, 0.05) is 16.2 Å². The van der Waals surface area contributed by atoms with Gasteiger partial charge in [0.1, 0.15) is 0 Å². The normalized spacial score (nSPS) is 12.4. The topological polar surface area (TPSA) is 24.9 Å². The summed E-state index contributed by atoms with van der Waals surface area (Å²) in [5, 5.41) is 4.84. The van der Waals surface area contributed by atoms with E-state index in [-0.39, 0.29) is 6.04 Å². The largest absolute Gasteiger partial charge is 0.305 e. The molecule has 1 atom stereocenters. The molecule has 2 rings (SSSR count). The third-order valence-corrected chi connectivity index (χ3v) is 3.84. The van der Waals surface area contributed by atoms with Crippen molar-refractivity contribution in [2.24, 2.45) is 0 Å². The minimum Gasteiger partial charge on any atom is -0.305 e. The molecule has 0 aliphatic rings. The monoisotopic (exact) mass is 308 g/mol. The minimum atomic E-state index is -0.0395.